The molecule has 4 heteroatoms. The maximum absolute atomic E-state index is 9.76. The lowest BCUT2D eigenvalue weighted by molar-refractivity contribution is 0.669. The maximum Gasteiger partial charge on any atom is 0.137 e. The van der Waals surface area contributed by atoms with E-state index in [0.717, 1.165) is 43.7 Å². The molecule has 0 amide bonds. The zero-order valence-corrected chi connectivity index (χ0v) is 21.8. The summed E-state index contributed by atoms with van der Waals surface area (Å²) in [4.78, 5) is 0. The number of fused-ring (bicyclic) bond motifs is 6. The van der Waals surface area contributed by atoms with Crippen LogP contribution in [-0.2, 0) is 0 Å². The Morgan fingerprint density at radius 2 is 1.14 bits per heavy atom. The van der Waals surface area contributed by atoms with Crippen molar-refractivity contribution < 1.29 is 4.42 Å². The van der Waals surface area contributed by atoms with Crippen molar-refractivity contribution in [1.29, 1.82) is 10.5 Å². The lowest BCUT2D eigenvalue weighted by atomic mass is 10.1. The van der Waals surface area contributed by atoms with Gasteiger partial charge in [-0.05, 0) is 30.3 Å². The molecule has 2 aromatic heterocycles. The number of nitriles is 2. The van der Waals surface area contributed by atoms with Crippen LogP contribution in [0.1, 0.15) is 52.7 Å². The first kappa shape index (κ1) is 26.1. The molecule has 36 heavy (non-hydrogen) atoms. The minimum Gasteiger partial charge on any atom is -0.456 e. The van der Waals surface area contributed by atoms with Gasteiger partial charge in [-0.1, -0.05) is 84.0 Å². The monoisotopic (exact) mass is 473 g/mol. The Balaban J connectivity index is 0.000000563. The third-order valence-electron chi connectivity index (χ3n) is 5.67. The van der Waals surface area contributed by atoms with Crippen molar-refractivity contribution in [1.82, 2.24) is 4.57 Å². The highest BCUT2D eigenvalue weighted by Crippen LogP contribution is 2.39. The third kappa shape index (κ3) is 4.19. The number of rotatable bonds is 1. The predicted octanol–water partition coefficient (Wildman–Crippen LogP) is 9.51. The highest BCUT2D eigenvalue weighted by Gasteiger charge is 2.19. The molecule has 0 aliphatic heterocycles. The lowest BCUT2D eigenvalue weighted by Gasteiger charge is -2.11. The van der Waals surface area contributed by atoms with Crippen molar-refractivity contribution in [3.8, 4) is 17.8 Å². The molecule has 0 N–H and O–H groups in total. The third-order valence-corrected chi connectivity index (χ3v) is 5.67. The van der Waals surface area contributed by atoms with E-state index in [1.807, 2.05) is 88.6 Å². The van der Waals surface area contributed by atoms with Gasteiger partial charge in [0.1, 0.15) is 23.3 Å². The average Bonchev–Trinajstić information content (AvgIpc) is 3.49. The minimum atomic E-state index is 0.460. The van der Waals surface area contributed by atoms with E-state index in [9.17, 15) is 10.5 Å². The fourth-order valence-electron chi connectivity index (χ4n) is 4.39. The summed E-state index contributed by atoms with van der Waals surface area (Å²) in [5.74, 6) is 0. The van der Waals surface area contributed by atoms with Crippen LogP contribution in [0.4, 0.5) is 0 Å². The second-order valence-corrected chi connectivity index (χ2v) is 7.24. The molecule has 0 atom stereocenters. The van der Waals surface area contributed by atoms with Crippen LogP contribution < -0.4 is 0 Å². The fraction of sp³-hybridized carbons (Fsp3) is 0.188. The van der Waals surface area contributed by atoms with E-state index in [0.29, 0.717) is 16.8 Å². The van der Waals surface area contributed by atoms with E-state index < -0.39 is 0 Å². The van der Waals surface area contributed by atoms with Crippen LogP contribution in [0.3, 0.4) is 0 Å². The first-order valence-electron chi connectivity index (χ1n) is 12.6. The maximum atomic E-state index is 9.76. The molecule has 6 rings (SSSR count). The molecule has 0 spiro atoms. The topological polar surface area (TPSA) is 65.7 Å². The van der Waals surface area contributed by atoms with E-state index in [1.165, 1.54) is 0 Å². The fourth-order valence-corrected chi connectivity index (χ4v) is 4.39. The summed E-state index contributed by atoms with van der Waals surface area (Å²) in [6.45, 7) is 12.0. The molecule has 0 saturated heterocycles. The number of para-hydroxylation sites is 3. The van der Waals surface area contributed by atoms with Gasteiger partial charge in [0.25, 0.3) is 0 Å². The van der Waals surface area contributed by atoms with Gasteiger partial charge in [-0.15, -0.1) is 0 Å². The van der Waals surface area contributed by atoms with Gasteiger partial charge in [-0.2, -0.15) is 10.5 Å². The van der Waals surface area contributed by atoms with Crippen LogP contribution in [0.2, 0.25) is 0 Å². The normalized spacial score (nSPS) is 9.89. The molecule has 0 aliphatic carbocycles. The molecule has 6 aromatic rings. The Bertz CT molecular complexity index is 1690. The molecule has 0 aliphatic rings. The summed E-state index contributed by atoms with van der Waals surface area (Å²) < 4.78 is 8.13. The molecule has 2 heterocycles. The summed E-state index contributed by atoms with van der Waals surface area (Å²) in [6, 6.07) is 30.0. The van der Waals surface area contributed by atoms with Gasteiger partial charge >= 0.3 is 0 Å². The molecular weight excluding hydrogens is 442 g/mol. The van der Waals surface area contributed by atoms with E-state index in [1.54, 1.807) is 18.2 Å². The quantitative estimate of drug-likeness (QED) is 0.239. The van der Waals surface area contributed by atoms with Gasteiger partial charge in [-0.25, -0.2) is 0 Å². The van der Waals surface area contributed by atoms with Crippen molar-refractivity contribution in [3.63, 3.8) is 0 Å². The SMILES string of the molecule is CC.CC.CC.N#Cc1cccc(C#N)c1-n1c2ccccc2c2cc3c(cc21)oc1ccccc13. The van der Waals surface area contributed by atoms with Crippen LogP contribution in [0, 0.1) is 22.7 Å². The minimum absolute atomic E-state index is 0.460. The summed E-state index contributed by atoms with van der Waals surface area (Å²) in [7, 11) is 0. The van der Waals surface area contributed by atoms with Gasteiger partial charge < -0.3 is 8.98 Å². The molecular formula is C32H31N3O. The van der Waals surface area contributed by atoms with Crippen molar-refractivity contribution in [3.05, 3.63) is 90.0 Å². The molecule has 0 saturated carbocycles. The Morgan fingerprint density at radius 3 is 1.78 bits per heavy atom. The van der Waals surface area contributed by atoms with Crippen LogP contribution in [0.5, 0.6) is 0 Å². The Labute approximate surface area is 212 Å². The predicted molar refractivity (Wildman–Crippen MR) is 152 cm³/mol. The average molecular weight is 474 g/mol. The summed E-state index contributed by atoms with van der Waals surface area (Å²) in [6.07, 6.45) is 0. The summed E-state index contributed by atoms with van der Waals surface area (Å²) in [5, 5.41) is 23.8. The van der Waals surface area contributed by atoms with E-state index >= 15 is 0 Å². The second kappa shape index (κ2) is 11.7. The highest BCUT2D eigenvalue weighted by molar-refractivity contribution is 6.17. The Hall–Kier alpha value is -4.54. The van der Waals surface area contributed by atoms with Crippen LogP contribution in [0.25, 0.3) is 49.4 Å². The van der Waals surface area contributed by atoms with Crippen molar-refractivity contribution >= 4 is 43.7 Å². The van der Waals surface area contributed by atoms with Gasteiger partial charge in [0.15, 0.2) is 0 Å². The standard InChI is InChI=1S/C26H13N3O.3C2H6/c27-14-16-6-5-7-17(15-28)26(16)29-22-10-3-1-8-18(22)20-12-21-19-9-2-4-11-24(19)30-25(21)13-23(20)29;3*1-2/h1-13H;3*1-2H3. The van der Waals surface area contributed by atoms with E-state index in [-0.39, 0.29) is 0 Å². The number of aromatic nitrogens is 1. The molecule has 180 valence electrons. The van der Waals surface area contributed by atoms with E-state index in [4.69, 9.17) is 4.42 Å². The van der Waals surface area contributed by atoms with Gasteiger partial charge in [-0.3, -0.25) is 0 Å². The Morgan fingerprint density at radius 1 is 0.556 bits per heavy atom. The molecule has 0 unspecified atom stereocenters. The number of nitrogens with zero attached hydrogens (tertiary/aromatic N) is 3. The molecule has 0 bridgehead atoms. The smallest absolute Gasteiger partial charge is 0.137 e. The first-order valence-corrected chi connectivity index (χ1v) is 12.6. The zero-order chi connectivity index (χ0) is 26.2. The molecule has 4 aromatic carbocycles. The molecule has 0 fully saturated rings. The lowest BCUT2D eigenvalue weighted by Crippen LogP contribution is -2.00. The Kier molecular flexibility index (Phi) is 8.50. The van der Waals surface area contributed by atoms with Crippen molar-refractivity contribution in [2.24, 2.45) is 0 Å². The van der Waals surface area contributed by atoms with Crippen molar-refractivity contribution in [2.45, 2.75) is 41.5 Å². The van der Waals surface area contributed by atoms with Gasteiger partial charge in [0.05, 0.1) is 27.8 Å². The first-order chi connectivity index (χ1) is 17.8. The second-order valence-electron chi connectivity index (χ2n) is 7.24. The van der Waals surface area contributed by atoms with E-state index in [2.05, 4.69) is 30.3 Å². The molecule has 0 radical (unpaired) electrons. The number of hydrogen-bond donors (Lipinski definition) is 0. The van der Waals surface area contributed by atoms with Crippen molar-refractivity contribution in [2.75, 3.05) is 0 Å². The molecule has 4 nitrogen and oxygen atoms in total. The summed E-state index contributed by atoms with van der Waals surface area (Å²) in [5.41, 5.74) is 4.99. The van der Waals surface area contributed by atoms with Gasteiger partial charge in [0, 0.05) is 27.6 Å². The van der Waals surface area contributed by atoms with Crippen LogP contribution in [-0.4, -0.2) is 4.57 Å². The largest absolute Gasteiger partial charge is 0.456 e. The van der Waals surface area contributed by atoms with Crippen LogP contribution >= 0.6 is 0 Å². The van der Waals surface area contributed by atoms with Gasteiger partial charge in [0.2, 0.25) is 0 Å². The highest BCUT2D eigenvalue weighted by atomic mass is 16.3. The summed E-state index contributed by atoms with van der Waals surface area (Å²) >= 11 is 0. The number of hydrogen-bond acceptors (Lipinski definition) is 3. The zero-order valence-electron chi connectivity index (χ0n) is 21.8. The number of furan rings is 1. The van der Waals surface area contributed by atoms with Crippen LogP contribution in [0.15, 0.2) is 83.3 Å². The number of benzene rings is 4.